The number of imide groups is 1. The predicted molar refractivity (Wildman–Crippen MR) is 76.6 cm³/mol. The second kappa shape index (κ2) is 6.36. The fourth-order valence-electron chi connectivity index (χ4n) is 2.60. The van der Waals surface area contributed by atoms with Gasteiger partial charge in [0, 0.05) is 11.8 Å². The van der Waals surface area contributed by atoms with Gasteiger partial charge in [0.2, 0.25) is 5.91 Å². The van der Waals surface area contributed by atoms with Crippen LogP contribution in [0.4, 0.5) is 22.0 Å². The van der Waals surface area contributed by atoms with Gasteiger partial charge in [0.15, 0.2) is 0 Å². The van der Waals surface area contributed by atoms with Gasteiger partial charge < -0.3 is 4.74 Å². The minimum atomic E-state index is -4.71. The summed E-state index contributed by atoms with van der Waals surface area (Å²) in [6, 6.07) is 5.48. The van der Waals surface area contributed by atoms with E-state index in [9.17, 15) is 31.5 Å². The molecule has 0 fully saturated rings. The number of pyridine rings is 1. The van der Waals surface area contributed by atoms with Crippen molar-refractivity contribution in [2.75, 3.05) is 0 Å². The molecule has 0 radical (unpaired) electrons. The summed E-state index contributed by atoms with van der Waals surface area (Å²) in [6.07, 6.45) is -4.21. The largest absolute Gasteiger partial charge is 0.435 e. The van der Waals surface area contributed by atoms with E-state index in [-0.39, 0.29) is 22.6 Å². The molecule has 5 nitrogen and oxygen atoms in total. The number of nitrogens with one attached hydrogen (secondary N) is 1. The average molecular weight is 372 g/mol. The van der Waals surface area contributed by atoms with Crippen LogP contribution < -0.4 is 10.1 Å². The molecule has 3 rings (SSSR count). The summed E-state index contributed by atoms with van der Waals surface area (Å²) >= 11 is 0. The topological polar surface area (TPSA) is 68.3 Å². The zero-order chi connectivity index (χ0) is 19.1. The van der Waals surface area contributed by atoms with Crippen LogP contribution in [0.3, 0.4) is 0 Å². The molecule has 1 unspecified atom stereocenters. The van der Waals surface area contributed by atoms with Gasteiger partial charge in [0.05, 0.1) is 11.5 Å². The number of benzene rings is 1. The smallest absolute Gasteiger partial charge is 0.417 e. The molecule has 0 aliphatic carbocycles. The van der Waals surface area contributed by atoms with E-state index in [2.05, 4.69) is 9.72 Å². The lowest BCUT2D eigenvalue weighted by molar-refractivity contribution is -0.138. The van der Waals surface area contributed by atoms with Crippen LogP contribution in [0.25, 0.3) is 0 Å². The fourth-order valence-corrected chi connectivity index (χ4v) is 2.60. The van der Waals surface area contributed by atoms with Crippen LogP contribution in [0, 0.1) is 0 Å². The lowest BCUT2D eigenvalue weighted by Crippen LogP contribution is -2.41. The van der Waals surface area contributed by atoms with Crippen LogP contribution >= 0.6 is 0 Å². The maximum Gasteiger partial charge on any atom is 0.417 e. The van der Waals surface area contributed by atoms with Crippen molar-refractivity contribution in [2.24, 2.45) is 0 Å². The van der Waals surface area contributed by atoms with Crippen molar-refractivity contribution in [3.8, 4) is 5.75 Å². The Morgan fingerprint density at radius 3 is 2.35 bits per heavy atom. The summed E-state index contributed by atoms with van der Waals surface area (Å²) in [4.78, 5) is 27.6. The first-order chi connectivity index (χ1) is 12.2. The van der Waals surface area contributed by atoms with Crippen LogP contribution in [-0.2, 0) is 11.0 Å². The van der Waals surface area contributed by atoms with Crippen molar-refractivity contribution in [1.82, 2.24) is 10.3 Å². The summed E-state index contributed by atoms with van der Waals surface area (Å²) in [6.45, 7) is -3.05. The number of rotatable bonds is 3. The first-order valence-corrected chi connectivity index (χ1v) is 7.14. The predicted octanol–water partition coefficient (Wildman–Crippen LogP) is 3.10. The first-order valence-electron chi connectivity index (χ1n) is 7.14. The molecule has 1 aliphatic rings. The van der Waals surface area contributed by atoms with Crippen molar-refractivity contribution >= 4 is 11.8 Å². The van der Waals surface area contributed by atoms with Crippen LogP contribution in [-0.4, -0.2) is 23.4 Å². The van der Waals surface area contributed by atoms with Gasteiger partial charge in [-0.1, -0.05) is 12.1 Å². The van der Waals surface area contributed by atoms with E-state index >= 15 is 0 Å². The highest BCUT2D eigenvalue weighted by Gasteiger charge is 2.38. The number of halogens is 5. The van der Waals surface area contributed by atoms with E-state index in [1.165, 1.54) is 12.1 Å². The first kappa shape index (κ1) is 17.8. The molecule has 2 amide bonds. The van der Waals surface area contributed by atoms with E-state index in [0.29, 0.717) is 12.3 Å². The molecule has 1 aliphatic heterocycles. The molecule has 1 aromatic heterocycles. The second-order valence-electron chi connectivity index (χ2n) is 5.36. The maximum atomic E-state index is 12.9. The van der Waals surface area contributed by atoms with Gasteiger partial charge in [-0.25, -0.2) is 0 Å². The summed E-state index contributed by atoms with van der Waals surface area (Å²) < 4.78 is 67.4. The fraction of sp³-hybridized carbons (Fsp3) is 0.188. The molecular weight excluding hydrogens is 363 g/mol. The summed E-state index contributed by atoms with van der Waals surface area (Å²) in [5.41, 5.74) is -1.44. The molecule has 26 heavy (non-hydrogen) atoms. The Labute approximate surface area is 142 Å². The van der Waals surface area contributed by atoms with Crippen molar-refractivity contribution in [3.63, 3.8) is 0 Å². The van der Waals surface area contributed by atoms with Gasteiger partial charge in [-0.2, -0.15) is 22.0 Å². The van der Waals surface area contributed by atoms with Crippen LogP contribution in [0.15, 0.2) is 36.5 Å². The Bertz CT molecular complexity index is 865. The third-order valence-corrected chi connectivity index (χ3v) is 3.71. The monoisotopic (exact) mass is 372 g/mol. The van der Waals surface area contributed by atoms with Gasteiger partial charge in [-0.05, 0) is 23.8 Å². The van der Waals surface area contributed by atoms with Gasteiger partial charge >= 0.3 is 12.8 Å². The van der Waals surface area contributed by atoms with Gasteiger partial charge in [-0.3, -0.25) is 19.9 Å². The number of hydrogen-bond acceptors (Lipinski definition) is 4. The summed E-state index contributed by atoms with van der Waals surface area (Å²) in [7, 11) is 0. The number of amides is 2. The highest BCUT2D eigenvalue weighted by atomic mass is 19.4. The molecule has 1 N–H and O–H groups in total. The summed E-state index contributed by atoms with van der Waals surface area (Å²) in [5, 5.41) is 2.02. The molecular formula is C16H9F5N2O3. The number of ether oxygens (including phenoxy) is 1. The number of fused-ring (bicyclic) bond motifs is 1. The van der Waals surface area contributed by atoms with Crippen molar-refractivity contribution < 1.29 is 36.3 Å². The molecule has 1 atom stereocenters. The van der Waals surface area contributed by atoms with E-state index < -0.39 is 36.1 Å². The molecule has 0 saturated carbocycles. The third-order valence-electron chi connectivity index (χ3n) is 3.71. The minimum absolute atomic E-state index is 0.182. The van der Waals surface area contributed by atoms with Crippen LogP contribution in [0.2, 0.25) is 0 Å². The molecule has 0 bridgehead atoms. The van der Waals surface area contributed by atoms with Crippen molar-refractivity contribution in [2.45, 2.75) is 18.7 Å². The molecule has 2 heterocycles. The lowest BCUT2D eigenvalue weighted by Gasteiger charge is -2.25. The number of hydrogen-bond donors (Lipinski definition) is 1. The van der Waals surface area contributed by atoms with E-state index in [1.54, 1.807) is 0 Å². The standard InChI is InChI=1S/C16H9F5N2O3/c17-15(18)26-9-3-1-7(2-4-9)11-10-5-8(16(19,20)21)6-22-12(10)14(25)23-13(11)24/h1-6,11,15H,(H,23,24,25). The number of alkyl halides is 5. The highest BCUT2D eigenvalue weighted by Crippen LogP contribution is 2.36. The number of carbonyl (C=O) groups is 2. The number of nitrogens with zero attached hydrogens (tertiary/aromatic N) is 1. The Balaban J connectivity index is 2.06. The average Bonchev–Trinajstić information content (AvgIpc) is 2.54. The Morgan fingerprint density at radius 2 is 1.77 bits per heavy atom. The SMILES string of the molecule is O=C1NC(=O)C(c2ccc(OC(F)F)cc2)c2cc(C(F)(F)F)cnc21. The number of aromatic nitrogens is 1. The Morgan fingerprint density at radius 1 is 1.12 bits per heavy atom. The van der Waals surface area contributed by atoms with Crippen molar-refractivity contribution in [3.05, 3.63) is 58.9 Å². The Kier molecular flexibility index (Phi) is 4.34. The Hall–Kier alpha value is -3.04. The molecule has 0 saturated heterocycles. The van der Waals surface area contributed by atoms with E-state index in [1.807, 2.05) is 5.32 Å². The molecule has 0 spiro atoms. The second-order valence-corrected chi connectivity index (χ2v) is 5.36. The third kappa shape index (κ3) is 3.35. The molecule has 2 aromatic rings. The zero-order valence-electron chi connectivity index (χ0n) is 12.7. The van der Waals surface area contributed by atoms with Crippen molar-refractivity contribution in [1.29, 1.82) is 0 Å². The van der Waals surface area contributed by atoms with Gasteiger partial charge in [0.1, 0.15) is 11.4 Å². The minimum Gasteiger partial charge on any atom is -0.435 e. The number of carbonyl (C=O) groups excluding carboxylic acids is 2. The summed E-state index contributed by atoms with van der Waals surface area (Å²) in [5.74, 6) is -3.18. The van der Waals surface area contributed by atoms with Crippen LogP contribution in [0.5, 0.6) is 5.75 Å². The molecule has 10 heteroatoms. The van der Waals surface area contributed by atoms with E-state index in [4.69, 9.17) is 0 Å². The van der Waals surface area contributed by atoms with E-state index in [0.717, 1.165) is 12.1 Å². The van der Waals surface area contributed by atoms with Gasteiger partial charge in [-0.15, -0.1) is 0 Å². The van der Waals surface area contributed by atoms with Crippen LogP contribution in [0.1, 0.15) is 33.1 Å². The normalized spacial score (nSPS) is 17.1. The highest BCUT2D eigenvalue weighted by molar-refractivity contribution is 6.11. The quantitative estimate of drug-likeness (QED) is 0.664. The van der Waals surface area contributed by atoms with Gasteiger partial charge in [0.25, 0.3) is 5.91 Å². The lowest BCUT2D eigenvalue weighted by atomic mass is 9.86. The zero-order valence-corrected chi connectivity index (χ0v) is 12.7. The molecule has 1 aromatic carbocycles. The molecule has 136 valence electrons. The maximum absolute atomic E-state index is 12.9.